The van der Waals surface area contributed by atoms with Crippen LogP contribution in [0.15, 0.2) is 57.5 Å². The number of carbonyl (C=O) groups excluding carboxylic acids is 3. The second kappa shape index (κ2) is 10.7. The summed E-state index contributed by atoms with van der Waals surface area (Å²) < 4.78 is 5.59. The van der Waals surface area contributed by atoms with Crippen molar-refractivity contribution >= 4 is 51.2 Å². The third-order valence-corrected chi connectivity index (χ3v) is 6.72. The molecule has 0 fully saturated rings. The number of carbonyl (C=O) groups is 3. The fourth-order valence-corrected chi connectivity index (χ4v) is 4.84. The zero-order valence-corrected chi connectivity index (χ0v) is 20.7. The van der Waals surface area contributed by atoms with Crippen molar-refractivity contribution in [3.05, 3.63) is 74.2 Å². The number of hydrogen-bond acceptors (Lipinski definition) is 6. The fraction of sp³-hybridized carbons (Fsp3) is 0.250. The van der Waals surface area contributed by atoms with Crippen LogP contribution in [0.4, 0.5) is 5.69 Å². The summed E-state index contributed by atoms with van der Waals surface area (Å²) in [5, 5.41) is 15.7. The normalized spacial score (nSPS) is 17.7. The molecular formula is C24H22BrN3O4S. The number of rotatable bonds is 6. The lowest BCUT2D eigenvalue weighted by atomic mass is 9.78. The lowest BCUT2D eigenvalue weighted by Gasteiger charge is -2.31. The third kappa shape index (κ3) is 5.64. The van der Waals surface area contributed by atoms with Crippen molar-refractivity contribution in [2.45, 2.75) is 19.8 Å². The highest BCUT2D eigenvalue weighted by molar-refractivity contribution is 9.10. The van der Waals surface area contributed by atoms with Crippen molar-refractivity contribution in [2.75, 3.05) is 18.2 Å². The van der Waals surface area contributed by atoms with Crippen LogP contribution in [0.25, 0.3) is 0 Å². The van der Waals surface area contributed by atoms with Crippen LogP contribution in [0.2, 0.25) is 0 Å². The van der Waals surface area contributed by atoms with E-state index < -0.39 is 23.7 Å². The van der Waals surface area contributed by atoms with Gasteiger partial charge in [-0.3, -0.25) is 14.4 Å². The summed E-state index contributed by atoms with van der Waals surface area (Å²) >= 11 is 4.44. The van der Waals surface area contributed by atoms with Crippen LogP contribution in [0, 0.1) is 31.1 Å². The molecule has 0 aliphatic carbocycles. The smallest absolute Gasteiger partial charge is 0.319 e. The van der Waals surface area contributed by atoms with Crippen LogP contribution >= 0.6 is 27.7 Å². The monoisotopic (exact) mass is 527 g/mol. The highest BCUT2D eigenvalue weighted by atomic mass is 79.9. The average Bonchev–Trinajstić information content (AvgIpc) is 2.79. The number of aryl methyl sites for hydroxylation is 2. The summed E-state index contributed by atoms with van der Waals surface area (Å²) in [7, 11) is 1.20. The number of anilines is 1. The maximum atomic E-state index is 12.9. The van der Waals surface area contributed by atoms with Gasteiger partial charge < -0.3 is 15.4 Å². The SMILES string of the molecule is COC(=O)[C@@H]1C(=O)NC(SCC(=O)Nc2cc(C)ccc2C)=C(C#N)[C@H]1c1cccc(Br)c1. The average molecular weight is 528 g/mol. The van der Waals surface area contributed by atoms with E-state index >= 15 is 0 Å². The number of hydrogen-bond donors (Lipinski definition) is 2. The standard InChI is InChI=1S/C24H22BrN3O4S/c1-13-7-8-14(2)18(9-13)27-19(29)12-33-23-17(11-26)20(15-5-4-6-16(25)10-15)21(22(30)28-23)24(31)32-3/h4-10,20-21H,12H2,1-3H3,(H,27,29)(H,28,30)/t20-,21+/m1/s1. The molecule has 2 N–H and O–H groups in total. The molecule has 2 atom stereocenters. The zero-order chi connectivity index (χ0) is 24.1. The Hall–Kier alpha value is -3.09. The van der Waals surface area contributed by atoms with Gasteiger partial charge in [-0.05, 0) is 48.7 Å². The maximum Gasteiger partial charge on any atom is 0.319 e. The van der Waals surface area contributed by atoms with E-state index in [1.807, 2.05) is 38.1 Å². The van der Waals surface area contributed by atoms with Gasteiger partial charge in [-0.25, -0.2) is 0 Å². The molecule has 2 amide bonds. The number of methoxy groups -OCH3 is 1. The van der Waals surface area contributed by atoms with Crippen molar-refractivity contribution in [2.24, 2.45) is 5.92 Å². The van der Waals surface area contributed by atoms with Gasteiger partial charge in [0.25, 0.3) is 0 Å². The second-order valence-corrected chi connectivity index (χ2v) is 9.43. The first-order chi connectivity index (χ1) is 15.7. The molecule has 0 unspecified atom stereocenters. The molecule has 3 rings (SSSR count). The largest absolute Gasteiger partial charge is 0.468 e. The van der Waals surface area contributed by atoms with Crippen molar-refractivity contribution in [1.82, 2.24) is 5.32 Å². The summed E-state index contributed by atoms with van der Waals surface area (Å²) in [5.41, 5.74) is 3.47. The number of nitrogens with one attached hydrogen (secondary N) is 2. The van der Waals surface area contributed by atoms with Crippen LogP contribution in [0.5, 0.6) is 0 Å². The van der Waals surface area contributed by atoms with E-state index in [1.165, 1.54) is 7.11 Å². The van der Waals surface area contributed by atoms with Crippen molar-refractivity contribution in [1.29, 1.82) is 5.26 Å². The number of nitrogens with zero attached hydrogens (tertiary/aromatic N) is 1. The highest BCUT2D eigenvalue weighted by Gasteiger charge is 2.44. The molecule has 0 radical (unpaired) electrons. The number of halogens is 1. The minimum atomic E-state index is -1.22. The Bertz CT molecular complexity index is 1190. The van der Waals surface area contributed by atoms with E-state index in [0.717, 1.165) is 27.4 Å². The Kier molecular flexibility index (Phi) is 7.95. The van der Waals surface area contributed by atoms with Gasteiger partial charge in [0.15, 0.2) is 0 Å². The first-order valence-electron chi connectivity index (χ1n) is 10.0. The van der Waals surface area contributed by atoms with Crippen molar-refractivity contribution in [3.8, 4) is 6.07 Å². The Morgan fingerprint density at radius 1 is 1.24 bits per heavy atom. The molecule has 7 nitrogen and oxygen atoms in total. The Morgan fingerprint density at radius 3 is 2.67 bits per heavy atom. The molecule has 1 aliphatic rings. The molecule has 0 aromatic heterocycles. The number of ether oxygens (including phenoxy) is 1. The van der Waals surface area contributed by atoms with Gasteiger partial charge in [-0.15, -0.1) is 0 Å². The molecule has 0 spiro atoms. The zero-order valence-electron chi connectivity index (χ0n) is 18.3. The van der Waals surface area contributed by atoms with E-state index in [1.54, 1.807) is 18.2 Å². The van der Waals surface area contributed by atoms with Crippen molar-refractivity contribution < 1.29 is 19.1 Å². The molecule has 0 saturated carbocycles. The number of esters is 1. The maximum absolute atomic E-state index is 12.9. The molecule has 0 saturated heterocycles. The van der Waals surface area contributed by atoms with Crippen LogP contribution in [-0.2, 0) is 19.1 Å². The lowest BCUT2D eigenvalue weighted by molar-refractivity contribution is -0.150. The summed E-state index contributed by atoms with van der Waals surface area (Å²) in [6.07, 6.45) is 0. The molecule has 2 aromatic carbocycles. The minimum Gasteiger partial charge on any atom is -0.468 e. The molecule has 170 valence electrons. The third-order valence-electron chi connectivity index (χ3n) is 5.21. The van der Waals surface area contributed by atoms with Gasteiger partial charge in [0.2, 0.25) is 11.8 Å². The molecule has 2 aromatic rings. The van der Waals surface area contributed by atoms with Crippen LogP contribution in [0.1, 0.15) is 22.6 Å². The van der Waals surface area contributed by atoms with E-state index in [9.17, 15) is 19.6 Å². The first kappa shape index (κ1) is 24.6. The quantitative estimate of drug-likeness (QED) is 0.431. The molecule has 1 aliphatic heterocycles. The number of amides is 2. The van der Waals surface area contributed by atoms with E-state index in [-0.39, 0.29) is 22.3 Å². The summed E-state index contributed by atoms with van der Waals surface area (Å²) in [6, 6.07) is 15.0. The van der Waals surface area contributed by atoms with Gasteiger partial charge in [-0.1, -0.05) is 52.0 Å². The first-order valence-corrected chi connectivity index (χ1v) is 11.8. The topological polar surface area (TPSA) is 108 Å². The summed E-state index contributed by atoms with van der Waals surface area (Å²) in [5.74, 6) is -3.67. The van der Waals surface area contributed by atoms with Gasteiger partial charge in [-0.2, -0.15) is 5.26 Å². The summed E-state index contributed by atoms with van der Waals surface area (Å²) in [4.78, 5) is 37.9. The Labute approximate surface area is 204 Å². The number of thioether (sulfide) groups is 1. The number of allylic oxidation sites excluding steroid dienone is 1. The minimum absolute atomic E-state index is 0.0255. The van der Waals surface area contributed by atoms with Crippen LogP contribution < -0.4 is 10.6 Å². The van der Waals surface area contributed by atoms with Gasteiger partial charge >= 0.3 is 5.97 Å². The molecule has 1 heterocycles. The molecule has 9 heteroatoms. The number of nitriles is 1. The van der Waals surface area contributed by atoms with Gasteiger partial charge in [0.05, 0.1) is 29.5 Å². The van der Waals surface area contributed by atoms with E-state index in [0.29, 0.717) is 11.3 Å². The van der Waals surface area contributed by atoms with Crippen molar-refractivity contribution in [3.63, 3.8) is 0 Å². The highest BCUT2D eigenvalue weighted by Crippen LogP contribution is 2.40. The molecule has 0 bridgehead atoms. The predicted octanol–water partition coefficient (Wildman–Crippen LogP) is 4.18. The fourth-order valence-electron chi connectivity index (χ4n) is 3.57. The van der Waals surface area contributed by atoms with Crippen LogP contribution in [-0.4, -0.2) is 30.6 Å². The van der Waals surface area contributed by atoms with Crippen LogP contribution in [0.3, 0.4) is 0 Å². The van der Waals surface area contributed by atoms with E-state index in [2.05, 4.69) is 32.6 Å². The second-order valence-electron chi connectivity index (χ2n) is 7.53. The van der Waals surface area contributed by atoms with E-state index in [4.69, 9.17) is 4.74 Å². The lowest BCUT2D eigenvalue weighted by Crippen LogP contribution is -2.44. The Morgan fingerprint density at radius 2 is 2.00 bits per heavy atom. The van der Waals surface area contributed by atoms with Gasteiger partial charge in [0.1, 0.15) is 5.92 Å². The Balaban J connectivity index is 1.90. The molecular weight excluding hydrogens is 506 g/mol. The predicted molar refractivity (Wildman–Crippen MR) is 130 cm³/mol. The number of benzene rings is 2. The molecule has 33 heavy (non-hydrogen) atoms. The van der Waals surface area contributed by atoms with Gasteiger partial charge in [0, 0.05) is 16.1 Å². The summed E-state index contributed by atoms with van der Waals surface area (Å²) in [6.45, 7) is 3.83.